The molecule has 2 aliphatic rings. The van der Waals surface area contributed by atoms with Gasteiger partial charge >= 0.3 is 0 Å². The van der Waals surface area contributed by atoms with Gasteiger partial charge in [0.2, 0.25) is 0 Å². The molecule has 0 aliphatic carbocycles. The quantitative estimate of drug-likeness (QED) is 0.446. The first kappa shape index (κ1) is 17.0. The predicted octanol–water partition coefficient (Wildman–Crippen LogP) is 1.46. The molecule has 2 N–H and O–H groups in total. The Bertz CT molecular complexity index is 306. The molecular weight excluding hydrogens is 357 g/mol. The Morgan fingerprint density at radius 2 is 2.05 bits per heavy atom. The molecule has 0 aromatic rings. The maximum atomic E-state index is 6.08. The van der Waals surface area contributed by atoms with Crippen molar-refractivity contribution < 1.29 is 9.47 Å². The predicted molar refractivity (Wildman–Crippen MR) is 87.1 cm³/mol. The summed E-state index contributed by atoms with van der Waals surface area (Å²) in [4.78, 5) is 6.71. The highest BCUT2D eigenvalue weighted by Crippen LogP contribution is 2.29. The van der Waals surface area contributed by atoms with Crippen LogP contribution in [0, 0.1) is 5.41 Å². The molecule has 19 heavy (non-hydrogen) atoms. The van der Waals surface area contributed by atoms with Crippen LogP contribution in [0.15, 0.2) is 4.99 Å². The second-order valence-electron chi connectivity index (χ2n) is 5.72. The zero-order chi connectivity index (χ0) is 13.0. The molecule has 2 fully saturated rings. The van der Waals surface area contributed by atoms with Crippen LogP contribution in [0.1, 0.15) is 26.7 Å². The van der Waals surface area contributed by atoms with Gasteiger partial charge in [-0.05, 0) is 25.2 Å². The number of ether oxygens (including phenoxy) is 2. The first-order chi connectivity index (χ1) is 8.59. The molecule has 0 saturated carbocycles. The Labute approximate surface area is 132 Å². The number of rotatable bonds is 2. The van der Waals surface area contributed by atoms with Crippen molar-refractivity contribution in [3.63, 3.8) is 0 Å². The normalized spacial score (nSPS) is 27.8. The van der Waals surface area contributed by atoms with Crippen molar-refractivity contribution in [1.29, 1.82) is 0 Å². The maximum Gasteiger partial charge on any atom is 0.191 e. The lowest BCUT2D eigenvalue weighted by Gasteiger charge is -2.34. The fraction of sp³-hybridized carbons (Fsp3) is 0.923. The van der Waals surface area contributed by atoms with Crippen LogP contribution in [-0.2, 0) is 9.47 Å². The van der Waals surface area contributed by atoms with Crippen LogP contribution in [0.5, 0.6) is 0 Å². The van der Waals surface area contributed by atoms with E-state index in [1.807, 2.05) is 0 Å². The molecule has 0 spiro atoms. The molecule has 5 nitrogen and oxygen atoms in total. The van der Waals surface area contributed by atoms with E-state index < -0.39 is 0 Å². The monoisotopic (exact) mass is 383 g/mol. The molecule has 0 aromatic carbocycles. The van der Waals surface area contributed by atoms with Gasteiger partial charge < -0.3 is 20.1 Å². The lowest BCUT2D eigenvalue weighted by atomic mass is 9.83. The number of aliphatic imine (C=N–C) groups is 1. The molecule has 2 rings (SSSR count). The molecule has 0 amide bonds. The molecule has 0 bridgehead atoms. The van der Waals surface area contributed by atoms with Crippen LogP contribution >= 0.6 is 24.0 Å². The summed E-state index contributed by atoms with van der Waals surface area (Å²) in [5.74, 6) is 0.665. The number of hydrogen-bond donors (Lipinski definition) is 1. The first-order valence-corrected chi connectivity index (χ1v) is 6.83. The fourth-order valence-corrected chi connectivity index (χ4v) is 2.42. The van der Waals surface area contributed by atoms with Crippen LogP contribution in [0.3, 0.4) is 0 Å². The van der Waals surface area contributed by atoms with E-state index in [0.29, 0.717) is 5.96 Å². The van der Waals surface area contributed by atoms with Crippen molar-refractivity contribution in [2.24, 2.45) is 16.1 Å². The van der Waals surface area contributed by atoms with Crippen molar-refractivity contribution in [3.8, 4) is 0 Å². The molecule has 6 heteroatoms. The Kier molecular flexibility index (Phi) is 6.82. The maximum absolute atomic E-state index is 6.08. The zero-order valence-electron chi connectivity index (χ0n) is 11.9. The van der Waals surface area contributed by atoms with Crippen LogP contribution in [0.4, 0.5) is 0 Å². The number of hydrogen-bond acceptors (Lipinski definition) is 3. The van der Waals surface area contributed by atoms with Gasteiger partial charge in [-0.1, -0.05) is 6.92 Å². The van der Waals surface area contributed by atoms with Gasteiger partial charge in [0, 0.05) is 32.8 Å². The topological polar surface area (TPSA) is 60.1 Å². The highest BCUT2D eigenvalue weighted by molar-refractivity contribution is 14.0. The van der Waals surface area contributed by atoms with Gasteiger partial charge in [-0.25, -0.2) is 0 Å². The van der Waals surface area contributed by atoms with Gasteiger partial charge in [0.25, 0.3) is 0 Å². The van der Waals surface area contributed by atoms with Gasteiger partial charge in [-0.2, -0.15) is 0 Å². The third kappa shape index (κ3) is 5.07. The van der Waals surface area contributed by atoms with Crippen molar-refractivity contribution in [1.82, 2.24) is 4.90 Å². The third-order valence-electron chi connectivity index (χ3n) is 3.89. The van der Waals surface area contributed by atoms with Crippen LogP contribution < -0.4 is 5.73 Å². The minimum atomic E-state index is 0. The first-order valence-electron chi connectivity index (χ1n) is 6.83. The smallest absolute Gasteiger partial charge is 0.191 e. The lowest BCUT2D eigenvalue weighted by molar-refractivity contribution is 0.00488. The number of morpholine rings is 1. The highest BCUT2D eigenvalue weighted by atomic mass is 127. The molecular formula is C13H26IN3O2. The SMILES string of the molecule is CC1CN(C(N)=NCC2(C)CCOCC2)CCO1.I. The van der Waals surface area contributed by atoms with E-state index in [-0.39, 0.29) is 35.5 Å². The average molecular weight is 383 g/mol. The fourth-order valence-electron chi connectivity index (χ4n) is 2.42. The Morgan fingerprint density at radius 3 is 2.68 bits per heavy atom. The lowest BCUT2D eigenvalue weighted by Crippen LogP contribution is -2.48. The van der Waals surface area contributed by atoms with Crippen LogP contribution in [0.25, 0.3) is 0 Å². The summed E-state index contributed by atoms with van der Waals surface area (Å²) in [6, 6.07) is 0. The summed E-state index contributed by atoms with van der Waals surface area (Å²) in [6.07, 6.45) is 2.39. The summed E-state index contributed by atoms with van der Waals surface area (Å²) in [5.41, 5.74) is 6.33. The molecule has 1 unspecified atom stereocenters. The van der Waals surface area contributed by atoms with E-state index in [0.717, 1.165) is 52.3 Å². The number of guanidine groups is 1. The summed E-state index contributed by atoms with van der Waals surface area (Å²) in [5, 5.41) is 0. The van der Waals surface area contributed by atoms with Crippen molar-refractivity contribution in [3.05, 3.63) is 0 Å². The molecule has 0 aromatic heterocycles. The van der Waals surface area contributed by atoms with Crippen molar-refractivity contribution >= 4 is 29.9 Å². The Balaban J connectivity index is 0.00000180. The van der Waals surface area contributed by atoms with Gasteiger partial charge in [0.1, 0.15) is 0 Å². The van der Waals surface area contributed by atoms with Gasteiger partial charge in [-0.3, -0.25) is 4.99 Å². The van der Waals surface area contributed by atoms with E-state index in [9.17, 15) is 0 Å². The van der Waals surface area contributed by atoms with Crippen molar-refractivity contribution in [2.45, 2.75) is 32.8 Å². The van der Waals surface area contributed by atoms with E-state index in [4.69, 9.17) is 15.2 Å². The average Bonchev–Trinajstić information content (AvgIpc) is 2.37. The minimum absolute atomic E-state index is 0. The molecule has 2 saturated heterocycles. The standard InChI is InChI=1S/C13H25N3O2.HI/c1-11-9-16(5-8-18-11)12(14)15-10-13(2)3-6-17-7-4-13;/h11H,3-10H2,1-2H3,(H2,14,15);1H. The molecule has 2 aliphatic heterocycles. The third-order valence-corrected chi connectivity index (χ3v) is 3.89. The largest absolute Gasteiger partial charge is 0.381 e. The number of halogens is 1. The van der Waals surface area contributed by atoms with Gasteiger partial charge in [0.15, 0.2) is 5.96 Å². The Hall–Kier alpha value is -0.0800. The summed E-state index contributed by atoms with van der Waals surface area (Å²) < 4.78 is 10.9. The summed E-state index contributed by atoms with van der Waals surface area (Å²) in [7, 11) is 0. The Morgan fingerprint density at radius 1 is 1.37 bits per heavy atom. The molecule has 1 atom stereocenters. The summed E-state index contributed by atoms with van der Waals surface area (Å²) in [6.45, 7) is 9.26. The highest BCUT2D eigenvalue weighted by Gasteiger charge is 2.27. The number of nitrogens with two attached hydrogens (primary N) is 1. The van der Waals surface area contributed by atoms with E-state index in [2.05, 4.69) is 23.7 Å². The second kappa shape index (κ2) is 7.64. The van der Waals surface area contributed by atoms with Gasteiger partial charge in [0.05, 0.1) is 12.7 Å². The van der Waals surface area contributed by atoms with E-state index >= 15 is 0 Å². The molecule has 112 valence electrons. The van der Waals surface area contributed by atoms with E-state index in [1.54, 1.807) is 0 Å². The van der Waals surface area contributed by atoms with Crippen LogP contribution in [0.2, 0.25) is 0 Å². The number of nitrogens with zero attached hydrogens (tertiary/aromatic N) is 2. The van der Waals surface area contributed by atoms with Crippen molar-refractivity contribution in [2.75, 3.05) is 39.5 Å². The second-order valence-corrected chi connectivity index (χ2v) is 5.72. The minimum Gasteiger partial charge on any atom is -0.381 e. The molecule has 2 heterocycles. The molecule has 0 radical (unpaired) electrons. The van der Waals surface area contributed by atoms with E-state index in [1.165, 1.54) is 0 Å². The van der Waals surface area contributed by atoms with Gasteiger partial charge in [-0.15, -0.1) is 24.0 Å². The summed E-state index contributed by atoms with van der Waals surface area (Å²) >= 11 is 0. The zero-order valence-corrected chi connectivity index (χ0v) is 14.3. The van der Waals surface area contributed by atoms with Crippen LogP contribution in [-0.4, -0.2) is 56.4 Å².